The predicted molar refractivity (Wildman–Crippen MR) is 61.1 cm³/mol. The van der Waals surface area contributed by atoms with Crippen molar-refractivity contribution in [3.8, 4) is 0 Å². The molecule has 2 nitrogen and oxygen atoms in total. The van der Waals surface area contributed by atoms with Crippen molar-refractivity contribution in [2.45, 2.75) is 19.0 Å². The second-order valence-electron chi connectivity index (χ2n) is 4.61. The number of amides is 1. The molecule has 0 bridgehead atoms. The molecule has 0 saturated carbocycles. The van der Waals surface area contributed by atoms with E-state index >= 15 is 0 Å². The van der Waals surface area contributed by atoms with Crippen molar-refractivity contribution in [1.29, 1.82) is 0 Å². The van der Waals surface area contributed by atoms with Crippen LogP contribution in [0.3, 0.4) is 0 Å². The van der Waals surface area contributed by atoms with E-state index in [1.807, 2.05) is 0 Å². The van der Waals surface area contributed by atoms with Crippen molar-refractivity contribution in [2.75, 3.05) is 13.1 Å². The monoisotopic (exact) mass is 275 g/mol. The molecule has 19 heavy (non-hydrogen) atoms. The van der Waals surface area contributed by atoms with Gasteiger partial charge in [0.25, 0.3) is 5.91 Å². The lowest BCUT2D eigenvalue weighted by Crippen LogP contribution is -2.42. The summed E-state index contributed by atoms with van der Waals surface area (Å²) in [5.74, 6) is -2.13. The molecule has 0 aliphatic carbocycles. The normalized spacial score (nSPS) is 17.6. The van der Waals surface area contributed by atoms with E-state index in [-0.39, 0.29) is 31.8 Å². The number of carbonyl (C=O) groups is 1. The van der Waals surface area contributed by atoms with Gasteiger partial charge in [-0.05, 0) is 37.1 Å². The van der Waals surface area contributed by atoms with Crippen LogP contribution in [0.1, 0.15) is 23.2 Å². The van der Waals surface area contributed by atoms with E-state index in [1.165, 1.54) is 17.0 Å². The molecule has 1 aromatic carbocycles. The summed E-state index contributed by atoms with van der Waals surface area (Å²) in [5, 5.41) is 0. The molecule has 1 saturated heterocycles. The Bertz CT molecular complexity index is 447. The van der Waals surface area contributed by atoms with E-state index in [2.05, 4.69) is 0 Å². The number of nitrogens with zero attached hydrogens (tertiary/aromatic N) is 1. The summed E-state index contributed by atoms with van der Waals surface area (Å²) in [5.41, 5.74) is 0.298. The third kappa shape index (κ3) is 3.24. The molecule has 2 rings (SSSR count). The zero-order valence-corrected chi connectivity index (χ0v) is 10.1. The van der Waals surface area contributed by atoms with Crippen LogP contribution in [-0.2, 0) is 0 Å². The van der Waals surface area contributed by atoms with Gasteiger partial charge >= 0.3 is 6.18 Å². The second kappa shape index (κ2) is 5.19. The van der Waals surface area contributed by atoms with Crippen LogP contribution in [0.5, 0.6) is 0 Å². The lowest BCUT2D eigenvalue weighted by Gasteiger charge is -2.32. The summed E-state index contributed by atoms with van der Waals surface area (Å²) in [7, 11) is 0. The summed E-state index contributed by atoms with van der Waals surface area (Å²) < 4.78 is 50.2. The quantitative estimate of drug-likeness (QED) is 0.720. The first-order valence-corrected chi connectivity index (χ1v) is 5.99. The second-order valence-corrected chi connectivity index (χ2v) is 4.61. The Morgan fingerprint density at radius 1 is 1.11 bits per heavy atom. The maximum absolute atomic E-state index is 12.7. The molecule has 104 valence electrons. The number of hydrogen-bond donors (Lipinski definition) is 0. The van der Waals surface area contributed by atoms with Gasteiger partial charge in [0, 0.05) is 18.7 Å². The van der Waals surface area contributed by atoms with Crippen molar-refractivity contribution in [2.24, 2.45) is 5.92 Å². The Labute approximate surface area is 108 Å². The molecule has 6 heteroatoms. The van der Waals surface area contributed by atoms with Gasteiger partial charge in [0.15, 0.2) is 0 Å². The minimum absolute atomic E-state index is 0.0730. The van der Waals surface area contributed by atoms with Crippen molar-refractivity contribution >= 4 is 5.91 Å². The van der Waals surface area contributed by atoms with E-state index in [4.69, 9.17) is 0 Å². The van der Waals surface area contributed by atoms with Gasteiger partial charge in [-0.1, -0.05) is 0 Å². The van der Waals surface area contributed by atoms with Gasteiger partial charge in [-0.3, -0.25) is 4.79 Å². The highest BCUT2D eigenvalue weighted by molar-refractivity contribution is 5.94. The molecule has 1 aliphatic rings. The largest absolute Gasteiger partial charge is 0.391 e. The molecule has 0 spiro atoms. The van der Waals surface area contributed by atoms with Gasteiger partial charge in [0.1, 0.15) is 5.82 Å². The SMILES string of the molecule is O=C(c1ccc(F)cc1)N1CCC(C(F)(F)F)CC1. The van der Waals surface area contributed by atoms with Gasteiger partial charge in [-0.15, -0.1) is 0 Å². The van der Waals surface area contributed by atoms with E-state index in [0.717, 1.165) is 12.1 Å². The number of carbonyl (C=O) groups excluding carboxylic acids is 1. The van der Waals surface area contributed by atoms with Crippen LogP contribution in [0.25, 0.3) is 0 Å². The smallest absolute Gasteiger partial charge is 0.339 e. The highest BCUT2D eigenvalue weighted by atomic mass is 19.4. The number of alkyl halides is 3. The maximum Gasteiger partial charge on any atom is 0.391 e. The third-order valence-electron chi connectivity index (χ3n) is 3.34. The lowest BCUT2D eigenvalue weighted by molar-refractivity contribution is -0.183. The molecule has 1 aromatic rings. The van der Waals surface area contributed by atoms with Gasteiger partial charge in [-0.25, -0.2) is 4.39 Å². The number of rotatable bonds is 1. The zero-order chi connectivity index (χ0) is 14.0. The molecular formula is C13H13F4NO. The minimum Gasteiger partial charge on any atom is -0.339 e. The van der Waals surface area contributed by atoms with Crippen LogP contribution in [0.15, 0.2) is 24.3 Å². The minimum atomic E-state index is -4.19. The average Bonchev–Trinajstić information content (AvgIpc) is 2.38. The first kappa shape index (κ1) is 13.8. The Hall–Kier alpha value is -1.59. The third-order valence-corrected chi connectivity index (χ3v) is 3.34. The fourth-order valence-corrected chi connectivity index (χ4v) is 2.18. The molecule has 0 unspecified atom stereocenters. The fourth-order valence-electron chi connectivity index (χ4n) is 2.18. The molecule has 1 amide bonds. The molecule has 0 aromatic heterocycles. The molecule has 1 aliphatic heterocycles. The first-order chi connectivity index (χ1) is 8.88. The van der Waals surface area contributed by atoms with Gasteiger partial charge in [0.05, 0.1) is 5.92 Å². The van der Waals surface area contributed by atoms with Gasteiger partial charge in [0.2, 0.25) is 0 Å². The van der Waals surface area contributed by atoms with Crippen LogP contribution in [0, 0.1) is 11.7 Å². The zero-order valence-electron chi connectivity index (χ0n) is 10.1. The summed E-state index contributed by atoms with van der Waals surface area (Å²) >= 11 is 0. The summed E-state index contributed by atoms with van der Waals surface area (Å²) in [6.07, 6.45) is -4.34. The topological polar surface area (TPSA) is 20.3 Å². The molecule has 0 radical (unpaired) electrons. The number of piperidine rings is 1. The number of halogens is 4. The van der Waals surface area contributed by atoms with Crippen molar-refractivity contribution in [1.82, 2.24) is 4.90 Å². The summed E-state index contributed by atoms with van der Waals surface area (Å²) in [4.78, 5) is 13.4. The average molecular weight is 275 g/mol. The van der Waals surface area contributed by atoms with Crippen molar-refractivity contribution in [3.63, 3.8) is 0 Å². The van der Waals surface area contributed by atoms with Crippen LogP contribution in [0.2, 0.25) is 0 Å². The highest BCUT2D eigenvalue weighted by Crippen LogP contribution is 2.34. The molecule has 0 atom stereocenters. The predicted octanol–water partition coefficient (Wildman–Crippen LogP) is 3.24. The Morgan fingerprint density at radius 2 is 1.63 bits per heavy atom. The van der Waals surface area contributed by atoms with Crippen LogP contribution >= 0.6 is 0 Å². The molecule has 1 fully saturated rings. The molecular weight excluding hydrogens is 262 g/mol. The molecule has 1 heterocycles. The van der Waals surface area contributed by atoms with Crippen LogP contribution in [-0.4, -0.2) is 30.1 Å². The van der Waals surface area contributed by atoms with Crippen LogP contribution in [0.4, 0.5) is 17.6 Å². The van der Waals surface area contributed by atoms with Crippen LogP contribution < -0.4 is 0 Å². The highest BCUT2D eigenvalue weighted by Gasteiger charge is 2.41. The van der Waals surface area contributed by atoms with Crippen molar-refractivity contribution in [3.05, 3.63) is 35.6 Å². The van der Waals surface area contributed by atoms with E-state index < -0.39 is 17.9 Å². The Morgan fingerprint density at radius 3 is 2.11 bits per heavy atom. The first-order valence-electron chi connectivity index (χ1n) is 5.99. The summed E-state index contributed by atoms with van der Waals surface area (Å²) in [6, 6.07) is 5.01. The lowest BCUT2D eigenvalue weighted by atomic mass is 9.96. The Kier molecular flexibility index (Phi) is 3.78. The van der Waals surface area contributed by atoms with Crippen molar-refractivity contribution < 1.29 is 22.4 Å². The standard InChI is InChI=1S/C13H13F4NO/c14-11-3-1-9(2-4-11)12(19)18-7-5-10(6-8-18)13(15,16)17/h1-4,10H,5-8H2. The fraction of sp³-hybridized carbons (Fsp3) is 0.462. The number of likely N-dealkylation sites (tertiary alicyclic amines) is 1. The number of hydrogen-bond acceptors (Lipinski definition) is 1. The molecule has 0 N–H and O–H groups in total. The van der Waals surface area contributed by atoms with Gasteiger partial charge in [-0.2, -0.15) is 13.2 Å². The van der Waals surface area contributed by atoms with E-state index in [9.17, 15) is 22.4 Å². The number of benzene rings is 1. The van der Waals surface area contributed by atoms with E-state index in [1.54, 1.807) is 0 Å². The van der Waals surface area contributed by atoms with E-state index in [0.29, 0.717) is 5.56 Å². The summed E-state index contributed by atoms with van der Waals surface area (Å²) in [6.45, 7) is 0.167. The Balaban J connectivity index is 1.98. The van der Waals surface area contributed by atoms with Gasteiger partial charge < -0.3 is 4.90 Å². The maximum atomic E-state index is 12.7.